The Labute approximate surface area is 140 Å². The molecule has 0 saturated heterocycles. The normalized spacial score (nSPS) is 9.65. The van der Waals surface area contributed by atoms with Crippen molar-refractivity contribution in [2.75, 3.05) is 25.5 Å². The summed E-state index contributed by atoms with van der Waals surface area (Å²) in [5, 5.41) is 6.79. The molecule has 0 unspecified atom stereocenters. The van der Waals surface area contributed by atoms with Crippen LogP contribution in [0.5, 0.6) is 0 Å². The second kappa shape index (κ2) is 17.1. The van der Waals surface area contributed by atoms with E-state index in [4.69, 9.17) is 11.6 Å². The summed E-state index contributed by atoms with van der Waals surface area (Å²) in [6.07, 6.45) is 5.14. The van der Waals surface area contributed by atoms with E-state index in [0.29, 0.717) is 5.88 Å². The van der Waals surface area contributed by atoms with E-state index in [2.05, 4.69) is 41.0 Å². The SMILES string of the molecule is Cl.Cl.ClCCNCCCCCCNCc1ccccc1. The summed E-state index contributed by atoms with van der Waals surface area (Å²) in [6.45, 7) is 4.13. The van der Waals surface area contributed by atoms with Crippen LogP contribution in [0.4, 0.5) is 0 Å². The molecule has 0 aliphatic carbocycles. The molecule has 5 heteroatoms. The molecule has 0 saturated carbocycles. The van der Waals surface area contributed by atoms with E-state index >= 15 is 0 Å². The fourth-order valence-electron chi connectivity index (χ4n) is 1.87. The van der Waals surface area contributed by atoms with Crippen molar-refractivity contribution >= 4 is 36.4 Å². The van der Waals surface area contributed by atoms with Crippen LogP contribution in [0.3, 0.4) is 0 Å². The molecule has 0 bridgehead atoms. The number of halogens is 3. The summed E-state index contributed by atoms with van der Waals surface area (Å²) >= 11 is 5.58. The van der Waals surface area contributed by atoms with Crippen LogP contribution in [0.15, 0.2) is 30.3 Å². The molecule has 1 aromatic carbocycles. The molecule has 2 N–H and O–H groups in total. The predicted molar refractivity (Wildman–Crippen MR) is 94.7 cm³/mol. The summed E-state index contributed by atoms with van der Waals surface area (Å²) in [4.78, 5) is 0. The minimum absolute atomic E-state index is 0. The summed E-state index contributed by atoms with van der Waals surface area (Å²) in [6, 6.07) is 10.6. The third-order valence-corrected chi connectivity index (χ3v) is 3.09. The zero-order valence-electron chi connectivity index (χ0n) is 11.9. The average molecular weight is 342 g/mol. The van der Waals surface area contributed by atoms with Crippen molar-refractivity contribution in [3.8, 4) is 0 Å². The van der Waals surface area contributed by atoms with Crippen LogP contribution in [0.1, 0.15) is 31.2 Å². The van der Waals surface area contributed by atoms with Gasteiger partial charge in [0, 0.05) is 19.0 Å². The maximum Gasteiger partial charge on any atom is 0.0348 e. The second-order valence-corrected chi connectivity index (χ2v) is 4.89. The van der Waals surface area contributed by atoms with Gasteiger partial charge in [0.05, 0.1) is 0 Å². The third-order valence-electron chi connectivity index (χ3n) is 2.90. The molecule has 0 fully saturated rings. The van der Waals surface area contributed by atoms with E-state index < -0.39 is 0 Å². The number of hydrogen-bond acceptors (Lipinski definition) is 2. The van der Waals surface area contributed by atoms with Gasteiger partial charge in [-0.15, -0.1) is 36.4 Å². The van der Waals surface area contributed by atoms with Crippen LogP contribution in [0, 0.1) is 0 Å². The standard InChI is InChI=1S/C15H25ClN2.2ClH/c16-10-13-17-11-6-1-2-7-12-18-14-15-8-4-3-5-9-15;;/h3-5,8-9,17-18H,1-2,6-7,10-14H2;2*1H. The highest BCUT2D eigenvalue weighted by molar-refractivity contribution is 6.18. The first-order valence-corrected chi connectivity index (χ1v) is 7.48. The molecular weight excluding hydrogens is 315 g/mol. The van der Waals surface area contributed by atoms with Crippen molar-refractivity contribution in [1.29, 1.82) is 0 Å². The van der Waals surface area contributed by atoms with Crippen molar-refractivity contribution in [2.45, 2.75) is 32.2 Å². The lowest BCUT2D eigenvalue weighted by atomic mass is 10.2. The number of unbranched alkanes of at least 4 members (excludes halogenated alkanes) is 3. The molecule has 0 aromatic heterocycles. The molecule has 20 heavy (non-hydrogen) atoms. The van der Waals surface area contributed by atoms with Crippen molar-refractivity contribution in [1.82, 2.24) is 10.6 Å². The lowest BCUT2D eigenvalue weighted by Gasteiger charge is -2.05. The van der Waals surface area contributed by atoms with Gasteiger partial charge in [0.25, 0.3) is 0 Å². The second-order valence-electron chi connectivity index (χ2n) is 4.52. The van der Waals surface area contributed by atoms with Gasteiger partial charge in [0.2, 0.25) is 0 Å². The minimum atomic E-state index is 0. The molecule has 2 nitrogen and oxygen atoms in total. The van der Waals surface area contributed by atoms with Gasteiger partial charge in [0.15, 0.2) is 0 Å². The van der Waals surface area contributed by atoms with Gasteiger partial charge in [-0.2, -0.15) is 0 Å². The van der Waals surface area contributed by atoms with Crippen LogP contribution < -0.4 is 10.6 Å². The number of hydrogen-bond donors (Lipinski definition) is 2. The molecule has 118 valence electrons. The molecule has 0 amide bonds. The zero-order chi connectivity index (χ0) is 12.9. The Kier molecular flexibility index (Phi) is 19.0. The molecule has 0 spiro atoms. The highest BCUT2D eigenvalue weighted by atomic mass is 35.5. The number of rotatable bonds is 11. The zero-order valence-corrected chi connectivity index (χ0v) is 14.3. The first kappa shape index (κ1) is 22.3. The highest BCUT2D eigenvalue weighted by Crippen LogP contribution is 2.00. The Morgan fingerprint density at radius 2 is 1.35 bits per heavy atom. The van der Waals surface area contributed by atoms with E-state index in [1.807, 2.05) is 0 Å². The van der Waals surface area contributed by atoms with Gasteiger partial charge in [-0.3, -0.25) is 0 Å². The van der Waals surface area contributed by atoms with E-state index in [1.54, 1.807) is 0 Å². The molecule has 1 rings (SSSR count). The first-order valence-electron chi connectivity index (χ1n) is 6.95. The number of nitrogens with one attached hydrogen (secondary N) is 2. The highest BCUT2D eigenvalue weighted by Gasteiger charge is 1.92. The lowest BCUT2D eigenvalue weighted by Crippen LogP contribution is -2.17. The van der Waals surface area contributed by atoms with E-state index in [9.17, 15) is 0 Å². The van der Waals surface area contributed by atoms with Gasteiger partial charge in [-0.1, -0.05) is 43.2 Å². The number of benzene rings is 1. The predicted octanol–water partition coefficient (Wildman–Crippen LogP) is 4.01. The molecule has 0 radical (unpaired) electrons. The number of alkyl halides is 1. The third kappa shape index (κ3) is 13.0. The molecule has 0 atom stereocenters. The van der Waals surface area contributed by atoms with Crippen molar-refractivity contribution < 1.29 is 0 Å². The van der Waals surface area contributed by atoms with Gasteiger partial charge in [-0.05, 0) is 31.5 Å². The van der Waals surface area contributed by atoms with Gasteiger partial charge >= 0.3 is 0 Å². The topological polar surface area (TPSA) is 24.1 Å². The molecular formula is C15H27Cl3N2. The van der Waals surface area contributed by atoms with Crippen LogP contribution in [0.25, 0.3) is 0 Å². The Bertz CT molecular complexity index is 284. The van der Waals surface area contributed by atoms with Crippen LogP contribution in [0.2, 0.25) is 0 Å². The summed E-state index contributed by atoms with van der Waals surface area (Å²) in [5.74, 6) is 0.712. The Hall–Kier alpha value is 0.01000. The molecule has 0 aliphatic rings. The summed E-state index contributed by atoms with van der Waals surface area (Å²) in [7, 11) is 0. The average Bonchev–Trinajstić information content (AvgIpc) is 2.42. The van der Waals surface area contributed by atoms with Gasteiger partial charge in [0.1, 0.15) is 0 Å². The Morgan fingerprint density at radius 3 is 1.95 bits per heavy atom. The molecule has 0 heterocycles. The van der Waals surface area contributed by atoms with Crippen LogP contribution in [-0.4, -0.2) is 25.5 Å². The lowest BCUT2D eigenvalue weighted by molar-refractivity contribution is 0.569. The van der Waals surface area contributed by atoms with Crippen LogP contribution >= 0.6 is 36.4 Å². The van der Waals surface area contributed by atoms with Gasteiger partial charge in [-0.25, -0.2) is 0 Å². The Morgan fingerprint density at radius 1 is 0.750 bits per heavy atom. The molecule has 1 aromatic rings. The summed E-state index contributed by atoms with van der Waals surface area (Å²) in [5.41, 5.74) is 1.36. The van der Waals surface area contributed by atoms with Crippen LogP contribution in [-0.2, 0) is 6.54 Å². The fraction of sp³-hybridized carbons (Fsp3) is 0.600. The van der Waals surface area contributed by atoms with Crippen molar-refractivity contribution in [3.63, 3.8) is 0 Å². The molecule has 0 aliphatic heterocycles. The Balaban J connectivity index is 0. The maximum atomic E-state index is 5.58. The quantitative estimate of drug-likeness (QED) is 0.469. The summed E-state index contributed by atoms with van der Waals surface area (Å²) < 4.78 is 0. The van der Waals surface area contributed by atoms with E-state index in [0.717, 1.165) is 26.2 Å². The monoisotopic (exact) mass is 340 g/mol. The van der Waals surface area contributed by atoms with E-state index in [1.165, 1.54) is 31.2 Å². The first-order chi connectivity index (χ1) is 8.93. The van der Waals surface area contributed by atoms with Crippen molar-refractivity contribution in [3.05, 3.63) is 35.9 Å². The minimum Gasteiger partial charge on any atom is -0.316 e. The maximum absolute atomic E-state index is 5.58. The largest absolute Gasteiger partial charge is 0.316 e. The van der Waals surface area contributed by atoms with Crippen molar-refractivity contribution in [2.24, 2.45) is 0 Å². The van der Waals surface area contributed by atoms with Gasteiger partial charge < -0.3 is 10.6 Å². The smallest absolute Gasteiger partial charge is 0.0348 e. The fourth-order valence-corrected chi connectivity index (χ4v) is 2.01. The van der Waals surface area contributed by atoms with E-state index in [-0.39, 0.29) is 24.8 Å².